The van der Waals surface area contributed by atoms with Gasteiger partial charge in [0, 0.05) is 6.04 Å². The summed E-state index contributed by atoms with van der Waals surface area (Å²) < 4.78 is 10.00. The van der Waals surface area contributed by atoms with Gasteiger partial charge in [-0.2, -0.15) is 0 Å². The second-order valence-corrected chi connectivity index (χ2v) is 3.57. The van der Waals surface area contributed by atoms with Crippen molar-refractivity contribution in [3.05, 3.63) is 11.6 Å². The van der Waals surface area contributed by atoms with E-state index in [1.165, 1.54) is 0 Å². The number of ether oxygens (including phenoxy) is 2. The third-order valence-corrected chi connectivity index (χ3v) is 2.44. The third-order valence-electron chi connectivity index (χ3n) is 2.44. The molecule has 7 heteroatoms. The first-order valence-electron chi connectivity index (χ1n) is 5.15. The molecule has 0 saturated carbocycles. The number of aromatic amines is 1. The summed E-state index contributed by atoms with van der Waals surface area (Å²) >= 11 is 0. The summed E-state index contributed by atoms with van der Waals surface area (Å²) in [6, 6.07) is -0.108. The van der Waals surface area contributed by atoms with Gasteiger partial charge in [0.05, 0.1) is 25.7 Å². The fourth-order valence-electron chi connectivity index (χ4n) is 1.58. The first kappa shape index (κ1) is 11.0. The minimum absolute atomic E-state index is 0.0318. The molecule has 2 heterocycles. The number of H-pyrrole nitrogens is 1. The van der Waals surface area contributed by atoms with Crippen LogP contribution in [0.15, 0.2) is 0 Å². The normalized spacial score (nSPS) is 24.6. The quantitative estimate of drug-likeness (QED) is 0.668. The zero-order chi connectivity index (χ0) is 11.5. The van der Waals surface area contributed by atoms with E-state index in [0.717, 1.165) is 0 Å². The average Bonchev–Trinajstić information content (AvgIpc) is 2.86. The van der Waals surface area contributed by atoms with Crippen molar-refractivity contribution in [3.63, 3.8) is 0 Å². The van der Waals surface area contributed by atoms with Crippen LogP contribution < -0.4 is 5.73 Å². The molecular weight excluding hydrogens is 212 g/mol. The van der Waals surface area contributed by atoms with E-state index in [-0.39, 0.29) is 17.8 Å². The number of rotatable bonds is 3. The maximum atomic E-state index is 11.3. The summed E-state index contributed by atoms with van der Waals surface area (Å²) in [5, 5.41) is 6.49. The van der Waals surface area contributed by atoms with Crippen LogP contribution in [-0.4, -0.2) is 47.0 Å². The molecule has 2 unspecified atom stereocenters. The number of carbonyl (C=O) groups is 1. The van der Waals surface area contributed by atoms with E-state index in [9.17, 15) is 4.79 Å². The van der Waals surface area contributed by atoms with Crippen LogP contribution in [0.5, 0.6) is 0 Å². The van der Waals surface area contributed by atoms with Gasteiger partial charge < -0.3 is 15.2 Å². The summed E-state index contributed by atoms with van der Waals surface area (Å²) in [5.41, 5.74) is 5.83. The highest BCUT2D eigenvalue weighted by molar-refractivity contribution is 5.84. The van der Waals surface area contributed by atoms with Crippen LogP contribution in [0.1, 0.15) is 29.3 Å². The lowest BCUT2D eigenvalue weighted by atomic mass is 10.0. The fourth-order valence-corrected chi connectivity index (χ4v) is 1.58. The molecule has 88 valence electrons. The Morgan fingerprint density at radius 1 is 1.69 bits per heavy atom. The largest absolute Gasteiger partial charge is 0.460 e. The lowest BCUT2D eigenvalue weighted by Gasteiger charge is -2.07. The second kappa shape index (κ2) is 4.58. The summed E-state index contributed by atoms with van der Waals surface area (Å²) in [5.74, 6) is 0.0529. The van der Waals surface area contributed by atoms with Gasteiger partial charge in [-0.15, -0.1) is 5.10 Å². The molecule has 2 atom stereocenters. The average molecular weight is 226 g/mol. The van der Waals surface area contributed by atoms with Crippen LogP contribution in [0.2, 0.25) is 0 Å². The second-order valence-electron chi connectivity index (χ2n) is 3.57. The molecule has 1 aromatic heterocycles. The number of nitrogens with zero attached hydrogens (tertiary/aromatic N) is 2. The Hall–Kier alpha value is -1.47. The number of hydrogen-bond acceptors (Lipinski definition) is 6. The van der Waals surface area contributed by atoms with Crippen molar-refractivity contribution in [3.8, 4) is 0 Å². The standard InChI is InChI=1S/C9H14N4O3/c1-2-16-9(14)8-11-7(12-13-8)5-3-15-4-6(5)10/h5-6H,2-4,10H2,1H3,(H,11,12,13). The van der Waals surface area contributed by atoms with Gasteiger partial charge in [-0.1, -0.05) is 0 Å². The molecule has 1 saturated heterocycles. The highest BCUT2D eigenvalue weighted by Gasteiger charge is 2.30. The molecule has 7 nitrogen and oxygen atoms in total. The van der Waals surface area contributed by atoms with Crippen molar-refractivity contribution in [1.29, 1.82) is 0 Å². The summed E-state index contributed by atoms with van der Waals surface area (Å²) in [4.78, 5) is 15.4. The number of nitrogens with one attached hydrogen (secondary N) is 1. The zero-order valence-electron chi connectivity index (χ0n) is 8.97. The van der Waals surface area contributed by atoms with E-state index in [1.54, 1.807) is 6.92 Å². The molecule has 0 bridgehead atoms. The smallest absolute Gasteiger partial charge is 0.378 e. The first-order chi connectivity index (χ1) is 7.72. The van der Waals surface area contributed by atoms with Gasteiger partial charge in [0.2, 0.25) is 0 Å². The van der Waals surface area contributed by atoms with Crippen LogP contribution in [0, 0.1) is 0 Å². The molecule has 1 fully saturated rings. The molecule has 0 amide bonds. The van der Waals surface area contributed by atoms with Gasteiger partial charge in [-0.3, -0.25) is 5.10 Å². The number of aromatic nitrogens is 3. The SMILES string of the molecule is CCOC(=O)c1n[nH]c(C2COCC2N)n1. The van der Waals surface area contributed by atoms with Crippen molar-refractivity contribution in [2.45, 2.75) is 18.9 Å². The molecule has 1 aromatic rings. The maximum Gasteiger partial charge on any atom is 0.378 e. The molecular formula is C9H14N4O3. The molecule has 2 rings (SSSR count). The topological polar surface area (TPSA) is 103 Å². The molecule has 16 heavy (non-hydrogen) atoms. The molecule has 0 radical (unpaired) electrons. The van der Waals surface area contributed by atoms with Gasteiger partial charge >= 0.3 is 5.97 Å². The van der Waals surface area contributed by atoms with Crippen molar-refractivity contribution in [2.75, 3.05) is 19.8 Å². The minimum atomic E-state index is -0.530. The lowest BCUT2D eigenvalue weighted by Crippen LogP contribution is -2.27. The van der Waals surface area contributed by atoms with Gasteiger partial charge in [0.25, 0.3) is 5.82 Å². The monoisotopic (exact) mass is 226 g/mol. The zero-order valence-corrected chi connectivity index (χ0v) is 8.97. The molecule has 0 aromatic carbocycles. The predicted molar refractivity (Wildman–Crippen MR) is 53.9 cm³/mol. The first-order valence-corrected chi connectivity index (χ1v) is 5.15. The van der Waals surface area contributed by atoms with Gasteiger partial charge in [0.1, 0.15) is 5.82 Å². The fraction of sp³-hybridized carbons (Fsp3) is 0.667. The van der Waals surface area contributed by atoms with Crippen LogP contribution in [0.3, 0.4) is 0 Å². The van der Waals surface area contributed by atoms with E-state index in [0.29, 0.717) is 25.6 Å². The molecule has 0 spiro atoms. The Kier molecular flexibility index (Phi) is 3.16. The number of carbonyl (C=O) groups excluding carboxylic acids is 1. The van der Waals surface area contributed by atoms with Crippen LogP contribution >= 0.6 is 0 Å². The Morgan fingerprint density at radius 2 is 2.50 bits per heavy atom. The minimum Gasteiger partial charge on any atom is -0.460 e. The molecule has 1 aliphatic heterocycles. The Labute approximate surface area is 92.3 Å². The van der Waals surface area contributed by atoms with E-state index >= 15 is 0 Å². The van der Waals surface area contributed by atoms with E-state index in [2.05, 4.69) is 15.2 Å². The molecule has 1 aliphatic rings. The van der Waals surface area contributed by atoms with Crippen LogP contribution in [-0.2, 0) is 9.47 Å². The van der Waals surface area contributed by atoms with Crippen LogP contribution in [0.25, 0.3) is 0 Å². The Morgan fingerprint density at radius 3 is 3.12 bits per heavy atom. The summed E-state index contributed by atoms with van der Waals surface area (Å²) in [6.45, 7) is 3.03. The van der Waals surface area contributed by atoms with Gasteiger partial charge in [-0.25, -0.2) is 9.78 Å². The summed E-state index contributed by atoms with van der Waals surface area (Å²) in [6.07, 6.45) is 0. The Bertz CT molecular complexity index is 379. The highest BCUT2D eigenvalue weighted by atomic mass is 16.5. The van der Waals surface area contributed by atoms with E-state index in [4.69, 9.17) is 15.2 Å². The van der Waals surface area contributed by atoms with Crippen molar-refractivity contribution >= 4 is 5.97 Å². The lowest BCUT2D eigenvalue weighted by molar-refractivity contribution is 0.0512. The number of hydrogen-bond donors (Lipinski definition) is 2. The highest BCUT2D eigenvalue weighted by Crippen LogP contribution is 2.21. The maximum absolute atomic E-state index is 11.3. The number of esters is 1. The van der Waals surface area contributed by atoms with Crippen molar-refractivity contribution < 1.29 is 14.3 Å². The van der Waals surface area contributed by atoms with E-state index in [1.807, 2.05) is 0 Å². The summed E-state index contributed by atoms with van der Waals surface area (Å²) in [7, 11) is 0. The van der Waals surface area contributed by atoms with Gasteiger partial charge in [0.15, 0.2) is 0 Å². The molecule has 0 aliphatic carbocycles. The third kappa shape index (κ3) is 2.05. The Balaban J connectivity index is 2.10. The number of nitrogens with two attached hydrogens (primary N) is 1. The van der Waals surface area contributed by atoms with E-state index < -0.39 is 5.97 Å². The van der Waals surface area contributed by atoms with Crippen LogP contribution in [0.4, 0.5) is 0 Å². The van der Waals surface area contributed by atoms with Gasteiger partial charge in [-0.05, 0) is 6.92 Å². The van der Waals surface area contributed by atoms with Crippen molar-refractivity contribution in [2.24, 2.45) is 5.73 Å². The van der Waals surface area contributed by atoms with Crippen molar-refractivity contribution in [1.82, 2.24) is 15.2 Å². The predicted octanol–water partition coefficient (Wildman–Crippen LogP) is -0.577. The molecule has 3 N–H and O–H groups in total.